The van der Waals surface area contributed by atoms with Gasteiger partial charge in [0.1, 0.15) is 0 Å². The Kier molecular flexibility index (Phi) is 8.76. The lowest BCUT2D eigenvalue weighted by molar-refractivity contribution is -0.143. The van der Waals surface area contributed by atoms with Crippen molar-refractivity contribution in [2.45, 2.75) is 70.1 Å². The van der Waals surface area contributed by atoms with Crippen LogP contribution in [0.1, 0.15) is 68.1 Å². The van der Waals surface area contributed by atoms with Gasteiger partial charge in [-0.1, -0.05) is 38.5 Å². The molecule has 0 saturated carbocycles. The van der Waals surface area contributed by atoms with Crippen LogP contribution in [0.3, 0.4) is 0 Å². The Hall–Kier alpha value is -1.24. The van der Waals surface area contributed by atoms with Crippen molar-refractivity contribution in [3.8, 4) is 0 Å². The molecule has 0 radical (unpaired) electrons. The minimum Gasteiger partial charge on any atom is -0.330 e. The lowest BCUT2D eigenvalue weighted by atomic mass is 9.99. The zero-order valence-electron chi connectivity index (χ0n) is 14.1. The number of nitrogens with two attached hydrogens (primary N) is 1. The van der Waals surface area contributed by atoms with Gasteiger partial charge in [0, 0.05) is 0 Å². The highest BCUT2D eigenvalue weighted by molar-refractivity contribution is 5.33. The van der Waals surface area contributed by atoms with Crippen LogP contribution in [0.25, 0.3) is 0 Å². The van der Waals surface area contributed by atoms with Crippen LogP contribution in [-0.4, -0.2) is 6.54 Å². The van der Waals surface area contributed by atoms with Gasteiger partial charge >= 0.3 is 12.4 Å². The van der Waals surface area contributed by atoms with Crippen LogP contribution in [0.2, 0.25) is 0 Å². The molecule has 0 heterocycles. The second kappa shape index (κ2) is 10.0. The van der Waals surface area contributed by atoms with Crippen molar-refractivity contribution in [3.05, 3.63) is 34.9 Å². The predicted molar refractivity (Wildman–Crippen MR) is 86.1 cm³/mol. The van der Waals surface area contributed by atoms with Crippen molar-refractivity contribution in [1.29, 1.82) is 0 Å². The maximum atomic E-state index is 12.8. The number of unbranched alkanes of at least 4 members (excludes halogenated alkanes) is 7. The van der Waals surface area contributed by atoms with Crippen LogP contribution >= 0.6 is 0 Å². The van der Waals surface area contributed by atoms with Gasteiger partial charge in [0.25, 0.3) is 0 Å². The van der Waals surface area contributed by atoms with E-state index in [0.717, 1.165) is 57.1 Å². The minimum absolute atomic E-state index is 0.0881. The van der Waals surface area contributed by atoms with E-state index in [9.17, 15) is 26.3 Å². The van der Waals surface area contributed by atoms with E-state index in [0.29, 0.717) is 13.0 Å². The van der Waals surface area contributed by atoms with Crippen molar-refractivity contribution in [2.24, 2.45) is 5.73 Å². The smallest absolute Gasteiger partial charge is 0.330 e. The first kappa shape index (κ1) is 21.8. The molecule has 2 N–H and O–H groups in total. The van der Waals surface area contributed by atoms with Gasteiger partial charge in [0.15, 0.2) is 0 Å². The molecular formula is C18H25F6N. The van der Waals surface area contributed by atoms with E-state index >= 15 is 0 Å². The Morgan fingerprint density at radius 2 is 1.00 bits per heavy atom. The molecule has 25 heavy (non-hydrogen) atoms. The Bertz CT molecular complexity index is 475. The molecule has 1 aromatic rings. The summed E-state index contributed by atoms with van der Waals surface area (Å²) in [7, 11) is 0. The maximum absolute atomic E-state index is 12.8. The highest BCUT2D eigenvalue weighted by atomic mass is 19.4. The number of hydrogen-bond donors (Lipinski definition) is 1. The Balaban J connectivity index is 2.50. The molecule has 0 saturated heterocycles. The lowest BCUT2D eigenvalue weighted by Gasteiger charge is -2.14. The van der Waals surface area contributed by atoms with E-state index in [1.165, 1.54) is 0 Å². The molecule has 0 aliphatic carbocycles. The van der Waals surface area contributed by atoms with Gasteiger partial charge in [-0.2, -0.15) is 26.3 Å². The lowest BCUT2D eigenvalue weighted by Crippen LogP contribution is -2.11. The first-order valence-electron chi connectivity index (χ1n) is 8.63. The number of halogens is 6. The SMILES string of the molecule is NCCCCCCCCCCc1cc(C(F)(F)F)cc(C(F)(F)F)c1. The number of aryl methyl sites for hydroxylation is 1. The van der Waals surface area contributed by atoms with Crippen LogP contribution in [0, 0.1) is 0 Å². The van der Waals surface area contributed by atoms with Gasteiger partial charge in [-0.3, -0.25) is 0 Å². The normalized spacial score (nSPS) is 12.6. The van der Waals surface area contributed by atoms with Gasteiger partial charge in [-0.15, -0.1) is 0 Å². The molecule has 7 heteroatoms. The third-order valence-corrected chi connectivity index (χ3v) is 4.07. The third-order valence-electron chi connectivity index (χ3n) is 4.07. The number of benzene rings is 1. The molecule has 0 fully saturated rings. The fraction of sp³-hybridized carbons (Fsp3) is 0.667. The first-order chi connectivity index (χ1) is 11.6. The third kappa shape index (κ3) is 8.61. The zero-order chi connectivity index (χ0) is 18.9. The van der Waals surface area contributed by atoms with E-state index < -0.39 is 23.5 Å². The average Bonchev–Trinajstić information content (AvgIpc) is 2.51. The molecule has 0 aliphatic heterocycles. The summed E-state index contributed by atoms with van der Waals surface area (Å²) in [4.78, 5) is 0. The molecule has 144 valence electrons. The molecule has 0 spiro atoms. The standard InChI is InChI=1S/C18H25F6N/c19-17(20,21)15-11-14(12-16(13-15)18(22,23)24)9-7-5-3-1-2-4-6-8-10-25/h11-13H,1-10,25H2. The Labute approximate surface area is 144 Å². The van der Waals surface area contributed by atoms with Crippen LogP contribution in [0.4, 0.5) is 26.3 Å². The average molecular weight is 369 g/mol. The van der Waals surface area contributed by atoms with Gasteiger partial charge in [-0.25, -0.2) is 0 Å². The Morgan fingerprint density at radius 1 is 0.600 bits per heavy atom. The summed E-state index contributed by atoms with van der Waals surface area (Å²) in [6.07, 6.45) is -1.68. The molecule has 0 unspecified atom stereocenters. The summed E-state index contributed by atoms with van der Waals surface area (Å²) < 4.78 is 76.7. The van der Waals surface area contributed by atoms with Crippen LogP contribution in [0.5, 0.6) is 0 Å². The van der Waals surface area contributed by atoms with Crippen LogP contribution < -0.4 is 5.73 Å². The minimum atomic E-state index is -4.78. The Morgan fingerprint density at radius 3 is 1.40 bits per heavy atom. The largest absolute Gasteiger partial charge is 0.416 e. The van der Waals surface area contributed by atoms with E-state index in [4.69, 9.17) is 5.73 Å². The quantitative estimate of drug-likeness (QED) is 0.378. The molecule has 1 rings (SSSR count). The van der Waals surface area contributed by atoms with E-state index in [1.807, 2.05) is 0 Å². The summed E-state index contributed by atoms with van der Waals surface area (Å²) in [5.74, 6) is 0. The molecule has 0 bridgehead atoms. The fourth-order valence-electron chi connectivity index (χ4n) is 2.70. The molecule has 0 atom stereocenters. The summed E-state index contributed by atoms with van der Waals surface area (Å²) >= 11 is 0. The van der Waals surface area contributed by atoms with Gasteiger partial charge in [-0.05, 0) is 49.6 Å². The molecule has 1 aromatic carbocycles. The van der Waals surface area contributed by atoms with E-state index in [2.05, 4.69) is 0 Å². The van der Waals surface area contributed by atoms with Crippen molar-refractivity contribution >= 4 is 0 Å². The van der Waals surface area contributed by atoms with E-state index in [1.54, 1.807) is 0 Å². The molecule has 0 aliphatic rings. The van der Waals surface area contributed by atoms with Crippen molar-refractivity contribution in [3.63, 3.8) is 0 Å². The van der Waals surface area contributed by atoms with Crippen molar-refractivity contribution < 1.29 is 26.3 Å². The first-order valence-corrected chi connectivity index (χ1v) is 8.63. The molecule has 1 nitrogen and oxygen atoms in total. The highest BCUT2D eigenvalue weighted by Crippen LogP contribution is 2.36. The molecule has 0 aromatic heterocycles. The summed E-state index contributed by atoms with van der Waals surface area (Å²) in [5, 5.41) is 0. The van der Waals surface area contributed by atoms with Gasteiger partial charge in [0.2, 0.25) is 0 Å². The highest BCUT2D eigenvalue weighted by Gasteiger charge is 2.36. The van der Waals surface area contributed by atoms with Crippen molar-refractivity contribution in [1.82, 2.24) is 0 Å². The monoisotopic (exact) mass is 369 g/mol. The van der Waals surface area contributed by atoms with Gasteiger partial charge < -0.3 is 5.73 Å². The fourth-order valence-corrected chi connectivity index (χ4v) is 2.70. The van der Waals surface area contributed by atoms with Gasteiger partial charge in [0.05, 0.1) is 11.1 Å². The van der Waals surface area contributed by atoms with Crippen LogP contribution in [0.15, 0.2) is 18.2 Å². The summed E-state index contributed by atoms with van der Waals surface area (Å²) in [6, 6.07) is 1.81. The topological polar surface area (TPSA) is 26.0 Å². The zero-order valence-corrected chi connectivity index (χ0v) is 14.1. The second-order valence-electron chi connectivity index (χ2n) is 6.28. The summed E-state index contributed by atoms with van der Waals surface area (Å²) in [6.45, 7) is 0.691. The second-order valence-corrected chi connectivity index (χ2v) is 6.28. The van der Waals surface area contributed by atoms with E-state index in [-0.39, 0.29) is 18.1 Å². The molecule has 0 amide bonds. The predicted octanol–water partition coefficient (Wildman–Crippen LogP) is 6.35. The number of rotatable bonds is 10. The molecular weight excluding hydrogens is 344 g/mol. The van der Waals surface area contributed by atoms with Crippen LogP contribution in [-0.2, 0) is 18.8 Å². The van der Waals surface area contributed by atoms with Crippen molar-refractivity contribution in [2.75, 3.05) is 6.54 Å². The maximum Gasteiger partial charge on any atom is 0.416 e. The summed E-state index contributed by atoms with van der Waals surface area (Å²) in [5.41, 5.74) is 3.01. The number of alkyl halides is 6. The number of hydrogen-bond acceptors (Lipinski definition) is 1.